The lowest BCUT2D eigenvalue weighted by Crippen LogP contribution is -2.08. The first-order valence-corrected chi connectivity index (χ1v) is 6.16. The Morgan fingerprint density at radius 2 is 2.11 bits per heavy atom. The van der Waals surface area contributed by atoms with Gasteiger partial charge < -0.3 is 19.5 Å². The molecule has 0 aromatic carbocycles. The van der Waals surface area contributed by atoms with E-state index in [1.165, 1.54) is 0 Å². The number of nitrogens with zero attached hydrogens (tertiary/aromatic N) is 1. The summed E-state index contributed by atoms with van der Waals surface area (Å²) >= 11 is 0. The number of methoxy groups -OCH3 is 1. The van der Waals surface area contributed by atoms with Gasteiger partial charge in [-0.05, 0) is 13.1 Å². The second-order valence-electron chi connectivity index (χ2n) is 3.82. The molecule has 1 aromatic heterocycles. The van der Waals surface area contributed by atoms with E-state index in [9.17, 15) is 0 Å². The summed E-state index contributed by atoms with van der Waals surface area (Å²) in [5.41, 5.74) is 0.978. The molecule has 1 rings (SSSR count). The van der Waals surface area contributed by atoms with E-state index in [0.717, 1.165) is 24.4 Å². The fraction of sp³-hybridized carbons (Fsp3) is 0.615. The smallest absolute Gasteiger partial charge is 0.122 e. The molecule has 0 saturated carbocycles. The molecule has 0 aliphatic carbocycles. The predicted octanol–water partition coefficient (Wildman–Crippen LogP) is 1.23. The average molecular weight is 254 g/mol. The lowest BCUT2D eigenvalue weighted by Gasteiger charge is -2.08. The van der Waals surface area contributed by atoms with Crippen LogP contribution in [0.2, 0.25) is 0 Å². The van der Waals surface area contributed by atoms with Gasteiger partial charge in [-0.15, -0.1) is 0 Å². The first-order valence-electron chi connectivity index (χ1n) is 6.16. The van der Waals surface area contributed by atoms with Crippen molar-refractivity contribution < 1.29 is 14.2 Å². The van der Waals surface area contributed by atoms with E-state index < -0.39 is 0 Å². The monoisotopic (exact) mass is 254 g/mol. The Hall–Kier alpha value is -1.17. The van der Waals surface area contributed by atoms with Crippen LogP contribution in [0.5, 0.6) is 5.75 Å². The molecule has 1 N–H and O–H groups in total. The highest BCUT2D eigenvalue weighted by atomic mass is 16.5. The molecule has 18 heavy (non-hydrogen) atoms. The summed E-state index contributed by atoms with van der Waals surface area (Å²) in [5, 5.41) is 3.06. The van der Waals surface area contributed by atoms with Crippen molar-refractivity contribution in [3.63, 3.8) is 0 Å². The minimum absolute atomic E-state index is 0.637. The Morgan fingerprint density at radius 1 is 1.22 bits per heavy atom. The zero-order chi connectivity index (χ0) is 13.1. The van der Waals surface area contributed by atoms with Gasteiger partial charge in [0.05, 0.1) is 25.5 Å². The molecule has 0 atom stereocenters. The number of pyridine rings is 1. The molecule has 102 valence electrons. The Morgan fingerprint density at radius 3 is 2.89 bits per heavy atom. The Labute approximate surface area is 108 Å². The van der Waals surface area contributed by atoms with Crippen molar-refractivity contribution in [1.82, 2.24) is 10.3 Å². The van der Waals surface area contributed by atoms with Crippen LogP contribution >= 0.6 is 0 Å². The molecule has 0 aliphatic heterocycles. The van der Waals surface area contributed by atoms with Gasteiger partial charge in [-0.3, -0.25) is 4.98 Å². The van der Waals surface area contributed by atoms with Gasteiger partial charge >= 0.3 is 0 Å². The molecular weight excluding hydrogens is 232 g/mol. The predicted molar refractivity (Wildman–Crippen MR) is 69.8 cm³/mol. The maximum absolute atomic E-state index is 5.62. The third-order valence-electron chi connectivity index (χ3n) is 2.28. The van der Waals surface area contributed by atoms with Crippen LogP contribution in [-0.4, -0.2) is 45.6 Å². The quantitative estimate of drug-likeness (QED) is 0.637. The fourth-order valence-corrected chi connectivity index (χ4v) is 1.42. The molecule has 0 aliphatic rings. The standard InChI is InChI=1S/C13H22N2O3/c1-14-11-12-10-13(4-5-15-12)18-7-3-6-17-9-8-16-2/h4-5,10,14H,3,6-9,11H2,1-2H3. The molecule has 1 heterocycles. The van der Waals surface area contributed by atoms with E-state index in [4.69, 9.17) is 14.2 Å². The van der Waals surface area contributed by atoms with Gasteiger partial charge in [-0.2, -0.15) is 0 Å². The van der Waals surface area contributed by atoms with E-state index in [0.29, 0.717) is 26.4 Å². The molecule has 5 nitrogen and oxygen atoms in total. The van der Waals surface area contributed by atoms with Gasteiger partial charge in [0.2, 0.25) is 0 Å². The summed E-state index contributed by atoms with van der Waals surface area (Å²) in [5.74, 6) is 0.854. The highest BCUT2D eigenvalue weighted by Gasteiger charge is 1.97. The molecule has 0 radical (unpaired) electrons. The summed E-state index contributed by atoms with van der Waals surface area (Å²) in [6.45, 7) is 3.36. The van der Waals surface area contributed by atoms with Crippen molar-refractivity contribution in [3.8, 4) is 5.75 Å². The molecule has 0 saturated heterocycles. The van der Waals surface area contributed by atoms with Crippen LogP contribution < -0.4 is 10.1 Å². The maximum atomic E-state index is 5.62. The molecule has 1 aromatic rings. The molecule has 0 amide bonds. The zero-order valence-corrected chi connectivity index (χ0v) is 11.1. The largest absolute Gasteiger partial charge is 0.493 e. The molecule has 5 heteroatoms. The Balaban J connectivity index is 2.13. The van der Waals surface area contributed by atoms with Crippen LogP contribution in [-0.2, 0) is 16.0 Å². The number of ether oxygens (including phenoxy) is 3. The average Bonchev–Trinajstić information content (AvgIpc) is 2.39. The van der Waals surface area contributed by atoms with Crippen molar-refractivity contribution in [2.24, 2.45) is 0 Å². The third-order valence-corrected chi connectivity index (χ3v) is 2.28. The summed E-state index contributed by atoms with van der Waals surface area (Å²) in [4.78, 5) is 4.23. The molecular formula is C13H22N2O3. The fourth-order valence-electron chi connectivity index (χ4n) is 1.42. The van der Waals surface area contributed by atoms with Gasteiger partial charge in [0, 0.05) is 38.9 Å². The lowest BCUT2D eigenvalue weighted by atomic mass is 10.3. The van der Waals surface area contributed by atoms with Gasteiger partial charge in [-0.1, -0.05) is 0 Å². The number of hydrogen-bond donors (Lipinski definition) is 1. The lowest BCUT2D eigenvalue weighted by molar-refractivity contribution is 0.0644. The summed E-state index contributed by atoms with van der Waals surface area (Å²) in [6, 6.07) is 3.81. The Kier molecular flexibility index (Phi) is 8.12. The summed E-state index contributed by atoms with van der Waals surface area (Å²) < 4.78 is 15.9. The van der Waals surface area contributed by atoms with Crippen LogP contribution in [0.15, 0.2) is 18.3 Å². The van der Waals surface area contributed by atoms with Crippen LogP contribution in [0, 0.1) is 0 Å². The van der Waals surface area contributed by atoms with E-state index in [1.54, 1.807) is 13.3 Å². The van der Waals surface area contributed by atoms with Gasteiger partial charge in [-0.25, -0.2) is 0 Å². The van der Waals surface area contributed by atoms with E-state index in [-0.39, 0.29) is 0 Å². The SMILES string of the molecule is CNCc1cc(OCCCOCCOC)ccn1. The summed E-state index contributed by atoms with van der Waals surface area (Å²) in [7, 11) is 3.56. The van der Waals surface area contributed by atoms with Crippen molar-refractivity contribution in [1.29, 1.82) is 0 Å². The van der Waals surface area contributed by atoms with Crippen molar-refractivity contribution in [3.05, 3.63) is 24.0 Å². The minimum atomic E-state index is 0.637. The molecule has 0 unspecified atom stereocenters. The van der Waals surface area contributed by atoms with Crippen molar-refractivity contribution >= 4 is 0 Å². The first kappa shape index (κ1) is 14.9. The summed E-state index contributed by atoms with van der Waals surface area (Å²) in [6.07, 6.45) is 2.63. The minimum Gasteiger partial charge on any atom is -0.493 e. The number of nitrogens with one attached hydrogen (secondary N) is 1. The van der Waals surface area contributed by atoms with Crippen LogP contribution in [0.4, 0.5) is 0 Å². The molecule has 0 bridgehead atoms. The molecule has 0 fully saturated rings. The second-order valence-corrected chi connectivity index (χ2v) is 3.82. The zero-order valence-electron chi connectivity index (χ0n) is 11.1. The third kappa shape index (κ3) is 6.54. The first-order chi connectivity index (χ1) is 8.86. The highest BCUT2D eigenvalue weighted by molar-refractivity contribution is 5.22. The topological polar surface area (TPSA) is 52.6 Å². The second kappa shape index (κ2) is 9.82. The Bertz CT molecular complexity index is 321. The number of hydrogen-bond acceptors (Lipinski definition) is 5. The van der Waals surface area contributed by atoms with Gasteiger partial charge in [0.15, 0.2) is 0 Å². The van der Waals surface area contributed by atoms with E-state index >= 15 is 0 Å². The highest BCUT2D eigenvalue weighted by Crippen LogP contribution is 2.10. The van der Waals surface area contributed by atoms with Crippen molar-refractivity contribution in [2.75, 3.05) is 40.6 Å². The number of rotatable bonds is 10. The van der Waals surface area contributed by atoms with Crippen molar-refractivity contribution in [2.45, 2.75) is 13.0 Å². The van der Waals surface area contributed by atoms with Crippen LogP contribution in [0.1, 0.15) is 12.1 Å². The van der Waals surface area contributed by atoms with Crippen LogP contribution in [0.25, 0.3) is 0 Å². The van der Waals surface area contributed by atoms with E-state index in [1.807, 2.05) is 19.2 Å². The normalized spacial score (nSPS) is 10.6. The number of aromatic nitrogens is 1. The maximum Gasteiger partial charge on any atom is 0.122 e. The van der Waals surface area contributed by atoms with Gasteiger partial charge in [0.25, 0.3) is 0 Å². The molecule has 0 spiro atoms. The van der Waals surface area contributed by atoms with Gasteiger partial charge in [0.1, 0.15) is 5.75 Å². The van der Waals surface area contributed by atoms with E-state index in [2.05, 4.69) is 10.3 Å². The van der Waals surface area contributed by atoms with Crippen LogP contribution in [0.3, 0.4) is 0 Å².